The fourth-order valence-electron chi connectivity index (χ4n) is 4.94. The Morgan fingerprint density at radius 3 is 2.14 bits per heavy atom. The fourth-order valence-corrected chi connectivity index (χ4v) is 6.87. The van der Waals surface area contributed by atoms with E-state index in [0.29, 0.717) is 27.0 Å². The van der Waals surface area contributed by atoms with Gasteiger partial charge in [-0.05, 0) is 75.2 Å². The average molecular weight is 633 g/mol. The number of aryl methyl sites for hydroxylation is 1. The molecule has 3 aromatic carbocycles. The van der Waals surface area contributed by atoms with Crippen LogP contribution in [0.3, 0.4) is 0 Å². The molecule has 1 fully saturated rings. The smallest absolute Gasteiger partial charge is 0.264 e. The molecule has 0 heterocycles. The third-order valence-corrected chi connectivity index (χ3v) is 10.0. The van der Waals surface area contributed by atoms with Crippen molar-refractivity contribution in [1.82, 2.24) is 10.2 Å². The lowest BCUT2D eigenvalue weighted by atomic mass is 10.1. The van der Waals surface area contributed by atoms with Crippen molar-refractivity contribution >= 4 is 50.7 Å². The van der Waals surface area contributed by atoms with Crippen LogP contribution in [-0.4, -0.2) is 50.9 Å². The number of hydrogen-bond donors (Lipinski definition) is 1. The summed E-state index contributed by atoms with van der Waals surface area (Å²) in [6.45, 7) is 2.87. The molecule has 0 aliphatic heterocycles. The highest BCUT2D eigenvalue weighted by atomic mass is 35.5. The molecule has 0 saturated heterocycles. The van der Waals surface area contributed by atoms with Gasteiger partial charge in [0.15, 0.2) is 0 Å². The number of ether oxygens (including phenoxy) is 1. The Labute approximate surface area is 257 Å². The van der Waals surface area contributed by atoms with Crippen LogP contribution >= 0.6 is 23.2 Å². The first-order chi connectivity index (χ1) is 20.0. The van der Waals surface area contributed by atoms with Gasteiger partial charge in [-0.25, -0.2) is 8.42 Å². The van der Waals surface area contributed by atoms with Crippen LogP contribution in [0.4, 0.5) is 5.69 Å². The van der Waals surface area contributed by atoms with E-state index in [0.717, 1.165) is 35.6 Å². The number of nitrogens with one attached hydrogen (secondary N) is 1. The molecule has 2 amide bonds. The zero-order valence-electron chi connectivity index (χ0n) is 23.8. The molecule has 1 atom stereocenters. The van der Waals surface area contributed by atoms with Gasteiger partial charge < -0.3 is 15.0 Å². The van der Waals surface area contributed by atoms with Crippen LogP contribution in [0.15, 0.2) is 71.6 Å². The van der Waals surface area contributed by atoms with E-state index >= 15 is 0 Å². The second-order valence-electron chi connectivity index (χ2n) is 10.4. The quantitative estimate of drug-likeness (QED) is 0.281. The predicted octanol–water partition coefficient (Wildman–Crippen LogP) is 5.98. The normalized spacial score (nSPS) is 14.3. The Balaban J connectivity index is 1.71. The average Bonchev–Trinajstić information content (AvgIpc) is 3.49. The van der Waals surface area contributed by atoms with Crippen molar-refractivity contribution in [1.29, 1.82) is 0 Å². The Morgan fingerprint density at radius 2 is 1.57 bits per heavy atom. The summed E-state index contributed by atoms with van der Waals surface area (Å²) in [6.07, 6.45) is 3.83. The van der Waals surface area contributed by atoms with E-state index in [1.165, 1.54) is 24.1 Å². The van der Waals surface area contributed by atoms with E-state index in [-0.39, 0.29) is 23.4 Å². The number of sulfonamides is 1. The summed E-state index contributed by atoms with van der Waals surface area (Å²) in [7, 11) is -2.71. The molecule has 1 unspecified atom stereocenters. The Hall–Kier alpha value is -3.27. The van der Waals surface area contributed by atoms with Crippen LogP contribution in [0.2, 0.25) is 10.0 Å². The summed E-state index contributed by atoms with van der Waals surface area (Å²) >= 11 is 12.9. The standard InChI is InChI=1S/C31H35Cl2N3O5S/c1-21-11-13-24(14-12-21)36(42(39,40)26-17-15-25(41-3)16-18-26)20-30(37)35(19-27-28(32)9-6-10-29(27)33)22(2)31(38)34-23-7-4-5-8-23/h6,9-18,22-23H,4-5,7-8,19-20H2,1-3H3,(H,34,38). The van der Waals surface area contributed by atoms with Crippen LogP contribution in [0.5, 0.6) is 5.75 Å². The molecule has 0 aromatic heterocycles. The maximum absolute atomic E-state index is 14.1. The van der Waals surface area contributed by atoms with Crippen molar-refractivity contribution in [3.05, 3.63) is 87.9 Å². The van der Waals surface area contributed by atoms with Gasteiger partial charge in [0.2, 0.25) is 11.8 Å². The number of nitrogens with zero attached hydrogens (tertiary/aromatic N) is 2. The number of amides is 2. The Morgan fingerprint density at radius 1 is 0.976 bits per heavy atom. The van der Waals surface area contributed by atoms with Gasteiger partial charge in [-0.1, -0.05) is 59.8 Å². The monoisotopic (exact) mass is 631 g/mol. The molecule has 1 aliphatic carbocycles. The molecule has 8 nitrogen and oxygen atoms in total. The number of anilines is 1. The SMILES string of the molecule is COc1ccc(S(=O)(=O)N(CC(=O)N(Cc2c(Cl)cccc2Cl)C(C)C(=O)NC2CCCC2)c2ccc(C)cc2)cc1. The fraction of sp³-hybridized carbons (Fsp3) is 0.355. The van der Waals surface area contributed by atoms with Gasteiger partial charge in [0.05, 0.1) is 17.7 Å². The van der Waals surface area contributed by atoms with Gasteiger partial charge in [0, 0.05) is 28.2 Å². The van der Waals surface area contributed by atoms with Gasteiger partial charge in [-0.15, -0.1) is 0 Å². The summed E-state index contributed by atoms with van der Waals surface area (Å²) in [5.41, 5.74) is 1.71. The second kappa shape index (κ2) is 13.8. The number of carbonyl (C=O) groups excluding carboxylic acids is 2. The molecular weight excluding hydrogens is 597 g/mol. The molecule has 1 N–H and O–H groups in total. The minimum atomic E-state index is -4.20. The lowest BCUT2D eigenvalue weighted by Crippen LogP contribution is -2.52. The van der Waals surface area contributed by atoms with Crippen molar-refractivity contribution < 1.29 is 22.7 Å². The van der Waals surface area contributed by atoms with Crippen molar-refractivity contribution in [2.24, 2.45) is 0 Å². The molecule has 1 aliphatic rings. The third-order valence-electron chi connectivity index (χ3n) is 7.51. The minimum absolute atomic E-state index is 0.00982. The first-order valence-electron chi connectivity index (χ1n) is 13.8. The molecule has 3 aromatic rings. The van der Waals surface area contributed by atoms with Gasteiger partial charge >= 0.3 is 0 Å². The van der Waals surface area contributed by atoms with E-state index in [1.807, 2.05) is 6.92 Å². The molecule has 11 heteroatoms. The third kappa shape index (κ3) is 7.38. The summed E-state index contributed by atoms with van der Waals surface area (Å²) in [4.78, 5) is 28.8. The van der Waals surface area contributed by atoms with E-state index in [4.69, 9.17) is 27.9 Å². The van der Waals surface area contributed by atoms with E-state index in [2.05, 4.69) is 5.32 Å². The first kappa shape index (κ1) is 31.7. The number of carbonyl (C=O) groups is 2. The maximum atomic E-state index is 14.1. The largest absolute Gasteiger partial charge is 0.497 e. The summed E-state index contributed by atoms with van der Waals surface area (Å²) < 4.78 is 34.2. The molecule has 0 spiro atoms. The Kier molecular flexibility index (Phi) is 10.4. The topological polar surface area (TPSA) is 96.0 Å². The molecule has 224 valence electrons. The highest BCUT2D eigenvalue weighted by Gasteiger charge is 2.34. The van der Waals surface area contributed by atoms with Crippen molar-refractivity contribution in [2.75, 3.05) is 18.0 Å². The molecule has 4 rings (SSSR count). The molecule has 0 radical (unpaired) electrons. The molecule has 1 saturated carbocycles. The summed E-state index contributed by atoms with van der Waals surface area (Å²) in [6, 6.07) is 16.9. The van der Waals surface area contributed by atoms with Crippen LogP contribution < -0.4 is 14.4 Å². The highest BCUT2D eigenvalue weighted by molar-refractivity contribution is 7.92. The van der Waals surface area contributed by atoms with E-state index in [9.17, 15) is 18.0 Å². The van der Waals surface area contributed by atoms with Crippen LogP contribution in [0.25, 0.3) is 0 Å². The number of rotatable bonds is 11. The lowest BCUT2D eigenvalue weighted by molar-refractivity contribution is -0.139. The van der Waals surface area contributed by atoms with Crippen molar-refractivity contribution in [3.63, 3.8) is 0 Å². The molecular formula is C31H35Cl2N3O5S. The van der Waals surface area contributed by atoms with E-state index in [1.54, 1.807) is 61.5 Å². The highest BCUT2D eigenvalue weighted by Crippen LogP contribution is 2.29. The number of benzene rings is 3. The minimum Gasteiger partial charge on any atom is -0.497 e. The number of hydrogen-bond acceptors (Lipinski definition) is 5. The van der Waals surface area contributed by atoms with Crippen LogP contribution in [0, 0.1) is 6.92 Å². The van der Waals surface area contributed by atoms with Crippen molar-refractivity contribution in [2.45, 2.75) is 63.1 Å². The Bertz CT molecular complexity index is 1490. The molecule has 42 heavy (non-hydrogen) atoms. The number of halogens is 2. The number of methoxy groups -OCH3 is 1. The second-order valence-corrected chi connectivity index (χ2v) is 13.1. The van der Waals surface area contributed by atoms with Crippen LogP contribution in [-0.2, 0) is 26.2 Å². The zero-order chi connectivity index (χ0) is 30.4. The first-order valence-corrected chi connectivity index (χ1v) is 16.0. The van der Waals surface area contributed by atoms with E-state index < -0.39 is 28.5 Å². The summed E-state index contributed by atoms with van der Waals surface area (Å²) in [5.74, 6) is -0.409. The van der Waals surface area contributed by atoms with Gasteiger partial charge in [0.25, 0.3) is 10.0 Å². The summed E-state index contributed by atoms with van der Waals surface area (Å²) in [5, 5.41) is 3.72. The lowest BCUT2D eigenvalue weighted by Gasteiger charge is -2.33. The molecule has 0 bridgehead atoms. The predicted molar refractivity (Wildman–Crippen MR) is 166 cm³/mol. The van der Waals surface area contributed by atoms with Crippen LogP contribution in [0.1, 0.15) is 43.7 Å². The zero-order valence-corrected chi connectivity index (χ0v) is 26.2. The maximum Gasteiger partial charge on any atom is 0.264 e. The van der Waals surface area contributed by atoms with Gasteiger partial charge in [0.1, 0.15) is 18.3 Å². The van der Waals surface area contributed by atoms with Gasteiger partial charge in [-0.3, -0.25) is 13.9 Å². The van der Waals surface area contributed by atoms with Crippen molar-refractivity contribution in [3.8, 4) is 5.75 Å². The van der Waals surface area contributed by atoms with Gasteiger partial charge in [-0.2, -0.15) is 0 Å².